The predicted molar refractivity (Wildman–Crippen MR) is 100 cm³/mol. The van der Waals surface area contributed by atoms with Gasteiger partial charge in [-0.2, -0.15) is 0 Å². The van der Waals surface area contributed by atoms with E-state index in [0.29, 0.717) is 11.8 Å². The molecule has 1 atom stereocenters. The summed E-state index contributed by atoms with van der Waals surface area (Å²) in [4.78, 5) is 15.6. The maximum absolute atomic E-state index is 12.4. The molecular weight excluding hydrogens is 384 g/mol. The van der Waals surface area contributed by atoms with E-state index < -0.39 is 0 Å². The van der Waals surface area contributed by atoms with Gasteiger partial charge in [0.1, 0.15) is 0 Å². The lowest BCUT2D eigenvalue weighted by Crippen LogP contribution is -2.47. The van der Waals surface area contributed by atoms with Gasteiger partial charge >= 0.3 is 0 Å². The fourth-order valence-corrected chi connectivity index (χ4v) is 4.05. The molecular formula is C16H24BrClN2OS. The number of carbonyl (C=O) groups is 1. The van der Waals surface area contributed by atoms with Gasteiger partial charge in [-0.3, -0.25) is 4.79 Å². The van der Waals surface area contributed by atoms with Crippen LogP contribution in [0.5, 0.6) is 0 Å². The van der Waals surface area contributed by atoms with Crippen LogP contribution in [0.4, 0.5) is 0 Å². The van der Waals surface area contributed by atoms with Crippen molar-refractivity contribution in [1.82, 2.24) is 10.2 Å². The number of benzene rings is 1. The summed E-state index contributed by atoms with van der Waals surface area (Å²) in [6.45, 7) is 5.91. The zero-order valence-electron chi connectivity index (χ0n) is 13.3. The van der Waals surface area contributed by atoms with Crippen LogP contribution in [0.25, 0.3) is 0 Å². The number of nitrogens with one attached hydrogen (secondary N) is 1. The van der Waals surface area contributed by atoms with E-state index in [1.54, 1.807) is 11.8 Å². The summed E-state index contributed by atoms with van der Waals surface area (Å²) >= 11 is 5.19. The minimum atomic E-state index is 0. The normalized spacial score (nSPS) is 18.0. The second-order valence-electron chi connectivity index (χ2n) is 5.62. The molecule has 2 rings (SSSR count). The number of piperidine rings is 1. The van der Waals surface area contributed by atoms with Crippen LogP contribution >= 0.6 is 40.1 Å². The summed E-state index contributed by atoms with van der Waals surface area (Å²) in [5.41, 5.74) is 2.43. The van der Waals surface area contributed by atoms with Crippen LogP contribution in [-0.2, 0) is 4.79 Å². The Morgan fingerprint density at radius 2 is 2.14 bits per heavy atom. The SMILES string of the molecule is CNC1CCCN(C(=O)CSc2cc(C)c(Br)cc2C)C1.Cl. The van der Waals surface area contributed by atoms with Gasteiger partial charge < -0.3 is 10.2 Å². The minimum absolute atomic E-state index is 0. The number of carbonyl (C=O) groups excluding carboxylic acids is 1. The number of amides is 1. The topological polar surface area (TPSA) is 32.3 Å². The van der Waals surface area contributed by atoms with E-state index in [4.69, 9.17) is 0 Å². The van der Waals surface area contributed by atoms with Gasteiger partial charge in [0.05, 0.1) is 5.75 Å². The number of thioether (sulfide) groups is 1. The van der Waals surface area contributed by atoms with Crippen molar-refractivity contribution >= 4 is 46.0 Å². The molecule has 6 heteroatoms. The molecule has 1 N–H and O–H groups in total. The molecule has 1 aliphatic rings. The third-order valence-corrected chi connectivity index (χ3v) is 5.99. The lowest BCUT2D eigenvalue weighted by molar-refractivity contribution is -0.129. The second-order valence-corrected chi connectivity index (χ2v) is 7.49. The van der Waals surface area contributed by atoms with E-state index in [1.165, 1.54) is 22.4 Å². The number of aryl methyl sites for hydroxylation is 2. The average molecular weight is 408 g/mol. The summed E-state index contributed by atoms with van der Waals surface area (Å²) in [5.74, 6) is 0.776. The number of likely N-dealkylation sites (N-methyl/N-ethyl adjacent to an activating group) is 1. The van der Waals surface area contributed by atoms with Crippen molar-refractivity contribution in [3.05, 3.63) is 27.7 Å². The van der Waals surface area contributed by atoms with Gasteiger partial charge in [0, 0.05) is 28.5 Å². The molecule has 1 heterocycles. The van der Waals surface area contributed by atoms with Crippen molar-refractivity contribution in [3.8, 4) is 0 Å². The van der Waals surface area contributed by atoms with Crippen molar-refractivity contribution in [2.24, 2.45) is 0 Å². The van der Waals surface area contributed by atoms with Crippen LogP contribution in [0.15, 0.2) is 21.5 Å². The Kier molecular flexibility index (Phi) is 8.25. The largest absolute Gasteiger partial charge is 0.340 e. The Morgan fingerprint density at radius 3 is 2.82 bits per heavy atom. The van der Waals surface area contributed by atoms with Crippen molar-refractivity contribution in [1.29, 1.82) is 0 Å². The van der Waals surface area contributed by atoms with E-state index in [9.17, 15) is 4.79 Å². The first-order chi connectivity index (χ1) is 10.0. The molecule has 1 fully saturated rings. The first kappa shape index (κ1) is 19.8. The van der Waals surface area contributed by atoms with E-state index in [0.717, 1.165) is 24.0 Å². The molecule has 22 heavy (non-hydrogen) atoms. The minimum Gasteiger partial charge on any atom is -0.340 e. The van der Waals surface area contributed by atoms with Gasteiger partial charge in [-0.05, 0) is 57.0 Å². The van der Waals surface area contributed by atoms with E-state index in [1.807, 2.05) is 11.9 Å². The first-order valence-corrected chi connectivity index (χ1v) is 9.13. The molecule has 0 saturated carbocycles. The van der Waals surface area contributed by atoms with Crippen molar-refractivity contribution < 1.29 is 4.79 Å². The highest BCUT2D eigenvalue weighted by molar-refractivity contribution is 9.10. The molecule has 1 aromatic carbocycles. The van der Waals surface area contributed by atoms with Crippen LogP contribution < -0.4 is 5.32 Å². The number of halogens is 2. The highest BCUT2D eigenvalue weighted by Gasteiger charge is 2.22. The van der Waals surface area contributed by atoms with E-state index >= 15 is 0 Å². The smallest absolute Gasteiger partial charge is 0.232 e. The zero-order valence-corrected chi connectivity index (χ0v) is 16.5. The number of nitrogens with zero attached hydrogens (tertiary/aromatic N) is 1. The van der Waals surface area contributed by atoms with E-state index in [2.05, 4.69) is 47.2 Å². The summed E-state index contributed by atoms with van der Waals surface area (Å²) in [6, 6.07) is 4.73. The number of likely N-dealkylation sites (tertiary alicyclic amines) is 1. The quantitative estimate of drug-likeness (QED) is 0.771. The summed E-state index contributed by atoms with van der Waals surface area (Å²) in [5, 5.41) is 3.28. The van der Waals surface area contributed by atoms with Gasteiger partial charge in [-0.15, -0.1) is 24.2 Å². The van der Waals surface area contributed by atoms with Crippen molar-refractivity contribution in [3.63, 3.8) is 0 Å². The fourth-order valence-electron chi connectivity index (χ4n) is 2.58. The van der Waals surface area contributed by atoms with Crippen LogP contribution in [0.1, 0.15) is 24.0 Å². The monoisotopic (exact) mass is 406 g/mol. The molecule has 0 radical (unpaired) electrons. The fraction of sp³-hybridized carbons (Fsp3) is 0.562. The summed E-state index contributed by atoms with van der Waals surface area (Å²) < 4.78 is 1.13. The molecule has 1 aromatic rings. The maximum Gasteiger partial charge on any atom is 0.232 e. The summed E-state index contributed by atoms with van der Waals surface area (Å²) in [7, 11) is 1.97. The highest BCUT2D eigenvalue weighted by Crippen LogP contribution is 2.28. The van der Waals surface area contributed by atoms with Gasteiger partial charge in [-0.25, -0.2) is 0 Å². The first-order valence-electron chi connectivity index (χ1n) is 7.36. The molecule has 1 aliphatic heterocycles. The Balaban J connectivity index is 0.00000242. The van der Waals surface area contributed by atoms with Crippen molar-refractivity contribution in [2.45, 2.75) is 37.6 Å². The van der Waals surface area contributed by atoms with Crippen LogP contribution in [-0.4, -0.2) is 42.7 Å². The van der Waals surface area contributed by atoms with E-state index in [-0.39, 0.29) is 18.3 Å². The van der Waals surface area contributed by atoms with Crippen LogP contribution in [0.3, 0.4) is 0 Å². The Morgan fingerprint density at radius 1 is 1.41 bits per heavy atom. The van der Waals surface area contributed by atoms with Gasteiger partial charge in [0.15, 0.2) is 0 Å². The number of hydrogen-bond donors (Lipinski definition) is 1. The second kappa shape index (κ2) is 9.16. The van der Waals surface area contributed by atoms with Crippen LogP contribution in [0, 0.1) is 13.8 Å². The van der Waals surface area contributed by atoms with Gasteiger partial charge in [-0.1, -0.05) is 15.9 Å². The molecule has 0 spiro atoms. The third-order valence-electron chi connectivity index (χ3n) is 3.99. The Bertz CT molecular complexity index is 527. The van der Waals surface area contributed by atoms with Crippen molar-refractivity contribution in [2.75, 3.05) is 25.9 Å². The molecule has 0 aromatic heterocycles. The molecule has 3 nitrogen and oxygen atoms in total. The number of hydrogen-bond acceptors (Lipinski definition) is 3. The predicted octanol–water partition coefficient (Wildman–Crippen LogP) is 3.79. The van der Waals surface area contributed by atoms with Gasteiger partial charge in [0.25, 0.3) is 0 Å². The molecule has 124 valence electrons. The summed E-state index contributed by atoms with van der Waals surface area (Å²) in [6.07, 6.45) is 2.26. The zero-order chi connectivity index (χ0) is 15.4. The highest BCUT2D eigenvalue weighted by atomic mass is 79.9. The Labute approximate surface area is 152 Å². The number of rotatable bonds is 4. The molecule has 1 saturated heterocycles. The van der Waals surface area contributed by atoms with Gasteiger partial charge in [0.2, 0.25) is 5.91 Å². The standard InChI is InChI=1S/C16H23BrN2OS.ClH/c1-11-8-15(12(2)7-14(11)17)21-10-16(20)19-6-4-5-13(9-19)18-3;/h7-8,13,18H,4-6,9-10H2,1-3H3;1H. The van der Waals surface area contributed by atoms with Crippen LogP contribution in [0.2, 0.25) is 0 Å². The third kappa shape index (κ3) is 5.15. The molecule has 1 amide bonds. The molecule has 1 unspecified atom stereocenters. The average Bonchev–Trinajstić information content (AvgIpc) is 2.49. The lowest BCUT2D eigenvalue weighted by Gasteiger charge is -2.32. The Hall–Kier alpha value is -0.230. The molecule has 0 aliphatic carbocycles. The maximum atomic E-state index is 12.4. The molecule has 0 bridgehead atoms. The lowest BCUT2D eigenvalue weighted by atomic mass is 10.1.